The van der Waals surface area contributed by atoms with Crippen molar-refractivity contribution in [3.63, 3.8) is 0 Å². The number of carbonyl (C=O) groups excluding carboxylic acids is 1. The van der Waals surface area contributed by atoms with E-state index in [-0.39, 0.29) is 11.9 Å². The molecule has 0 saturated carbocycles. The predicted molar refractivity (Wildman–Crippen MR) is 118 cm³/mol. The highest BCUT2D eigenvalue weighted by molar-refractivity contribution is 7.89. The number of nitrogens with one attached hydrogen (secondary N) is 1. The van der Waals surface area contributed by atoms with Gasteiger partial charge in [-0.1, -0.05) is 18.2 Å². The summed E-state index contributed by atoms with van der Waals surface area (Å²) in [6.45, 7) is 5.71. The van der Waals surface area contributed by atoms with Gasteiger partial charge in [0.25, 0.3) is 0 Å². The summed E-state index contributed by atoms with van der Waals surface area (Å²) in [7, 11) is -3.50. The van der Waals surface area contributed by atoms with Crippen LogP contribution in [0.5, 0.6) is 0 Å². The van der Waals surface area contributed by atoms with Crippen molar-refractivity contribution in [2.24, 2.45) is 0 Å². The van der Waals surface area contributed by atoms with E-state index in [1.54, 1.807) is 10.4 Å². The second kappa shape index (κ2) is 8.49. The molecule has 1 aliphatic heterocycles. The molecule has 1 amide bonds. The zero-order valence-corrected chi connectivity index (χ0v) is 18.4. The van der Waals surface area contributed by atoms with Gasteiger partial charge in [0.15, 0.2) is 0 Å². The molecular weight excluding hydrogens is 398 g/mol. The summed E-state index contributed by atoms with van der Waals surface area (Å²) < 4.78 is 27.7. The van der Waals surface area contributed by atoms with Gasteiger partial charge in [0.2, 0.25) is 15.9 Å². The zero-order valence-electron chi connectivity index (χ0n) is 17.6. The lowest BCUT2D eigenvalue weighted by atomic mass is 10.1. The molecule has 0 spiro atoms. The number of benzene rings is 2. The van der Waals surface area contributed by atoms with E-state index in [2.05, 4.69) is 5.32 Å². The molecule has 2 aliphatic rings. The second-order valence-corrected chi connectivity index (χ2v) is 10.2. The molecule has 1 aliphatic carbocycles. The molecule has 2 aromatic carbocycles. The van der Waals surface area contributed by atoms with Crippen LogP contribution in [0.2, 0.25) is 0 Å². The zero-order chi connectivity index (χ0) is 21.3. The lowest BCUT2D eigenvalue weighted by Crippen LogP contribution is -2.53. The van der Waals surface area contributed by atoms with Crippen LogP contribution in [-0.4, -0.2) is 55.8 Å². The quantitative estimate of drug-likeness (QED) is 0.797. The standard InChI is InChI=1S/C23H29N3O3S/c1-17-5-3-8-21(15-17)24-23(27)18(2)25-11-13-26(14-12-25)30(28,29)22-10-9-19-6-4-7-20(19)16-22/h3,5,8-10,15-16,18H,4,6-7,11-14H2,1-2H3,(H,24,27)/t18-/m0/s1. The van der Waals surface area contributed by atoms with Gasteiger partial charge in [0, 0.05) is 31.9 Å². The third kappa shape index (κ3) is 4.29. The molecule has 0 bridgehead atoms. The molecule has 160 valence electrons. The van der Waals surface area contributed by atoms with Gasteiger partial charge in [-0.15, -0.1) is 0 Å². The molecule has 6 nitrogen and oxygen atoms in total. The molecular formula is C23H29N3O3S. The first-order valence-corrected chi connectivity index (χ1v) is 12.0. The van der Waals surface area contributed by atoms with Crippen LogP contribution in [0.4, 0.5) is 5.69 Å². The summed E-state index contributed by atoms with van der Waals surface area (Å²) >= 11 is 0. The molecule has 2 aromatic rings. The Morgan fingerprint density at radius 3 is 2.47 bits per heavy atom. The highest BCUT2D eigenvalue weighted by Gasteiger charge is 2.32. The van der Waals surface area contributed by atoms with Crippen LogP contribution >= 0.6 is 0 Å². The number of fused-ring (bicyclic) bond motifs is 1. The number of hydrogen-bond acceptors (Lipinski definition) is 4. The Morgan fingerprint density at radius 1 is 1.00 bits per heavy atom. The average molecular weight is 428 g/mol. The third-order valence-corrected chi connectivity index (χ3v) is 8.09. The maximum absolute atomic E-state index is 13.1. The maximum atomic E-state index is 13.1. The van der Waals surface area contributed by atoms with Gasteiger partial charge in [-0.2, -0.15) is 4.31 Å². The monoisotopic (exact) mass is 427 g/mol. The molecule has 0 unspecified atom stereocenters. The molecule has 1 atom stereocenters. The minimum Gasteiger partial charge on any atom is -0.325 e. The number of aryl methyl sites for hydroxylation is 3. The van der Waals surface area contributed by atoms with E-state index in [0.29, 0.717) is 31.1 Å². The Bertz CT molecular complexity index is 1040. The number of nitrogens with zero attached hydrogens (tertiary/aromatic N) is 2. The number of anilines is 1. The fraction of sp³-hybridized carbons (Fsp3) is 0.435. The highest BCUT2D eigenvalue weighted by atomic mass is 32.2. The number of carbonyl (C=O) groups is 1. The van der Waals surface area contributed by atoms with Crippen molar-refractivity contribution in [2.45, 2.75) is 44.0 Å². The van der Waals surface area contributed by atoms with Crippen LogP contribution in [0.15, 0.2) is 47.4 Å². The van der Waals surface area contributed by atoms with Crippen LogP contribution in [0.3, 0.4) is 0 Å². The van der Waals surface area contributed by atoms with Crippen molar-refractivity contribution in [1.29, 1.82) is 0 Å². The predicted octanol–water partition coefficient (Wildman–Crippen LogP) is 2.82. The number of piperazine rings is 1. The van der Waals surface area contributed by atoms with Crippen LogP contribution < -0.4 is 5.32 Å². The Balaban J connectivity index is 1.37. The molecule has 1 N–H and O–H groups in total. The van der Waals surface area contributed by atoms with Crippen molar-refractivity contribution < 1.29 is 13.2 Å². The van der Waals surface area contributed by atoms with Crippen LogP contribution in [0.25, 0.3) is 0 Å². The van der Waals surface area contributed by atoms with Crippen molar-refractivity contribution >= 4 is 21.6 Å². The maximum Gasteiger partial charge on any atom is 0.243 e. The van der Waals surface area contributed by atoms with E-state index < -0.39 is 10.0 Å². The highest BCUT2D eigenvalue weighted by Crippen LogP contribution is 2.27. The summed E-state index contributed by atoms with van der Waals surface area (Å²) in [5, 5.41) is 2.96. The van der Waals surface area contributed by atoms with Gasteiger partial charge < -0.3 is 5.32 Å². The molecule has 7 heteroatoms. The number of amides is 1. The van der Waals surface area contributed by atoms with Crippen molar-refractivity contribution in [3.05, 3.63) is 59.2 Å². The molecule has 0 aromatic heterocycles. The lowest BCUT2D eigenvalue weighted by Gasteiger charge is -2.36. The lowest BCUT2D eigenvalue weighted by molar-refractivity contribution is -0.121. The number of hydrogen-bond donors (Lipinski definition) is 1. The summed E-state index contributed by atoms with van der Waals surface area (Å²) in [5.74, 6) is -0.0736. The fourth-order valence-electron chi connectivity index (χ4n) is 4.32. The summed E-state index contributed by atoms with van der Waals surface area (Å²) in [6.07, 6.45) is 3.09. The average Bonchev–Trinajstić information content (AvgIpc) is 3.21. The van der Waals surface area contributed by atoms with Crippen molar-refractivity contribution in [3.8, 4) is 0 Å². The Kier molecular flexibility index (Phi) is 5.95. The number of rotatable bonds is 5. The van der Waals surface area contributed by atoms with E-state index in [4.69, 9.17) is 0 Å². The minimum atomic E-state index is -3.50. The van der Waals surface area contributed by atoms with Crippen molar-refractivity contribution in [1.82, 2.24) is 9.21 Å². The molecule has 1 saturated heterocycles. The fourth-order valence-corrected chi connectivity index (χ4v) is 5.80. The first-order valence-electron chi connectivity index (χ1n) is 10.6. The summed E-state index contributed by atoms with van der Waals surface area (Å²) in [6, 6.07) is 12.9. The van der Waals surface area contributed by atoms with Gasteiger partial charge in [-0.25, -0.2) is 8.42 Å². The second-order valence-electron chi connectivity index (χ2n) is 8.26. The Labute approximate surface area is 178 Å². The molecule has 1 fully saturated rings. The molecule has 1 heterocycles. The van der Waals surface area contributed by atoms with E-state index >= 15 is 0 Å². The molecule has 4 rings (SSSR count). The van der Waals surface area contributed by atoms with Gasteiger partial charge in [0.05, 0.1) is 10.9 Å². The van der Waals surface area contributed by atoms with Gasteiger partial charge in [-0.3, -0.25) is 9.69 Å². The van der Waals surface area contributed by atoms with E-state index in [0.717, 1.165) is 36.1 Å². The van der Waals surface area contributed by atoms with Gasteiger partial charge >= 0.3 is 0 Å². The summed E-state index contributed by atoms with van der Waals surface area (Å²) in [4.78, 5) is 15.1. The first-order chi connectivity index (χ1) is 14.3. The Hall–Kier alpha value is -2.22. The van der Waals surface area contributed by atoms with Gasteiger partial charge in [-0.05, 0) is 74.1 Å². The first kappa shape index (κ1) is 21.0. The topological polar surface area (TPSA) is 69.7 Å². The van der Waals surface area contributed by atoms with Gasteiger partial charge in [0.1, 0.15) is 0 Å². The third-order valence-electron chi connectivity index (χ3n) is 6.19. The normalized spacial score (nSPS) is 18.7. The van der Waals surface area contributed by atoms with Crippen LogP contribution in [0.1, 0.15) is 30.0 Å². The summed E-state index contributed by atoms with van der Waals surface area (Å²) in [5.41, 5.74) is 4.30. The van der Waals surface area contributed by atoms with Crippen LogP contribution in [0, 0.1) is 6.92 Å². The van der Waals surface area contributed by atoms with Crippen molar-refractivity contribution in [2.75, 3.05) is 31.5 Å². The Morgan fingerprint density at radius 2 is 1.73 bits per heavy atom. The van der Waals surface area contributed by atoms with Crippen LogP contribution in [-0.2, 0) is 27.7 Å². The van der Waals surface area contributed by atoms with E-state index in [1.165, 1.54) is 5.56 Å². The minimum absolute atomic E-state index is 0.0736. The largest absolute Gasteiger partial charge is 0.325 e. The molecule has 0 radical (unpaired) electrons. The SMILES string of the molecule is Cc1cccc(NC(=O)[C@H](C)N2CCN(S(=O)(=O)c3ccc4c(c3)CCC4)CC2)c1. The van der Waals surface area contributed by atoms with E-state index in [9.17, 15) is 13.2 Å². The number of sulfonamides is 1. The smallest absolute Gasteiger partial charge is 0.243 e. The molecule has 30 heavy (non-hydrogen) atoms. The van der Waals surface area contributed by atoms with E-state index in [1.807, 2.05) is 55.1 Å².